The molecule has 0 fully saturated rings. The standard InChI is InChI=1S/C16H12F4N6O2/c1-21-14(27)9-5-22-15(23-6-9)28-8-10-7-26(25-24-10)11-2-3-13(17)12(4-11)16(18,19)20/h2-7H,8H2,1H3,(H,21,27). The van der Waals surface area contributed by atoms with E-state index in [0.29, 0.717) is 12.1 Å². The van der Waals surface area contributed by atoms with Crippen molar-refractivity contribution < 1.29 is 27.1 Å². The number of hydrogen-bond acceptors (Lipinski definition) is 6. The molecule has 0 aliphatic heterocycles. The summed E-state index contributed by atoms with van der Waals surface area (Å²) in [5.74, 6) is -1.73. The number of amides is 1. The van der Waals surface area contributed by atoms with Gasteiger partial charge >= 0.3 is 12.2 Å². The molecule has 146 valence electrons. The Bertz CT molecular complexity index is 988. The lowest BCUT2D eigenvalue weighted by Crippen LogP contribution is -2.18. The molecule has 0 unspecified atom stereocenters. The van der Waals surface area contributed by atoms with Crippen molar-refractivity contribution in [3.05, 3.63) is 59.4 Å². The fraction of sp³-hybridized carbons (Fsp3) is 0.188. The summed E-state index contributed by atoms with van der Waals surface area (Å²) in [6.07, 6.45) is -0.957. The molecule has 0 atom stereocenters. The van der Waals surface area contributed by atoms with Crippen LogP contribution in [0.1, 0.15) is 21.6 Å². The van der Waals surface area contributed by atoms with Crippen LogP contribution in [0, 0.1) is 5.82 Å². The third-order valence-corrected chi connectivity index (χ3v) is 3.53. The zero-order valence-corrected chi connectivity index (χ0v) is 14.2. The van der Waals surface area contributed by atoms with Gasteiger partial charge < -0.3 is 10.1 Å². The first kappa shape index (κ1) is 19.2. The Morgan fingerprint density at radius 1 is 1.25 bits per heavy atom. The van der Waals surface area contributed by atoms with E-state index in [4.69, 9.17) is 4.74 Å². The minimum atomic E-state index is -4.83. The zero-order valence-electron chi connectivity index (χ0n) is 14.2. The minimum absolute atomic E-state index is 0.0151. The van der Waals surface area contributed by atoms with Crippen molar-refractivity contribution in [2.45, 2.75) is 12.8 Å². The number of aromatic nitrogens is 5. The molecule has 1 amide bonds. The monoisotopic (exact) mass is 396 g/mol. The van der Waals surface area contributed by atoms with E-state index in [1.165, 1.54) is 25.6 Å². The number of nitrogens with one attached hydrogen (secondary N) is 1. The SMILES string of the molecule is CNC(=O)c1cnc(OCc2cn(-c3ccc(F)c(C(F)(F)F)c3)nn2)nc1. The average Bonchev–Trinajstić information content (AvgIpc) is 3.14. The Hall–Kier alpha value is -3.57. The van der Waals surface area contributed by atoms with E-state index in [0.717, 1.165) is 10.7 Å². The van der Waals surface area contributed by atoms with Crippen molar-refractivity contribution in [2.24, 2.45) is 0 Å². The number of carbonyl (C=O) groups is 1. The summed E-state index contributed by atoms with van der Waals surface area (Å²) in [7, 11) is 1.47. The van der Waals surface area contributed by atoms with Gasteiger partial charge in [-0.2, -0.15) is 13.2 Å². The van der Waals surface area contributed by atoms with Gasteiger partial charge in [0.25, 0.3) is 5.91 Å². The largest absolute Gasteiger partial charge is 0.457 e. The number of rotatable bonds is 5. The molecular formula is C16H12F4N6O2. The smallest absolute Gasteiger partial charge is 0.419 e. The van der Waals surface area contributed by atoms with Crippen molar-refractivity contribution in [3.63, 3.8) is 0 Å². The summed E-state index contributed by atoms with van der Waals surface area (Å²) < 4.78 is 58.2. The van der Waals surface area contributed by atoms with Gasteiger partial charge in [0.15, 0.2) is 0 Å². The molecule has 3 rings (SSSR count). The number of alkyl halides is 3. The Balaban J connectivity index is 1.70. The van der Waals surface area contributed by atoms with E-state index >= 15 is 0 Å². The fourth-order valence-electron chi connectivity index (χ4n) is 2.15. The summed E-state index contributed by atoms with van der Waals surface area (Å²) in [4.78, 5) is 19.1. The molecule has 0 spiro atoms. The second-order valence-electron chi connectivity index (χ2n) is 5.44. The Labute approximate surface area is 155 Å². The summed E-state index contributed by atoms with van der Waals surface area (Å²) in [6.45, 7) is -0.118. The molecule has 2 heterocycles. The third-order valence-electron chi connectivity index (χ3n) is 3.53. The first-order valence-electron chi connectivity index (χ1n) is 7.73. The van der Waals surface area contributed by atoms with Crippen LogP contribution in [-0.4, -0.2) is 37.9 Å². The Kier molecular flexibility index (Phi) is 5.20. The van der Waals surface area contributed by atoms with E-state index in [1.807, 2.05) is 0 Å². The van der Waals surface area contributed by atoms with Gasteiger partial charge in [-0.25, -0.2) is 19.0 Å². The maximum Gasteiger partial charge on any atom is 0.419 e. The first-order valence-corrected chi connectivity index (χ1v) is 7.73. The van der Waals surface area contributed by atoms with Crippen LogP contribution in [0.5, 0.6) is 6.01 Å². The number of benzene rings is 1. The van der Waals surface area contributed by atoms with Gasteiger partial charge in [-0.15, -0.1) is 5.10 Å². The number of ether oxygens (including phenoxy) is 1. The molecule has 8 nitrogen and oxygen atoms in total. The van der Waals surface area contributed by atoms with Crippen LogP contribution in [0.2, 0.25) is 0 Å². The number of carbonyl (C=O) groups excluding carboxylic acids is 1. The van der Waals surface area contributed by atoms with Crippen LogP contribution in [0.25, 0.3) is 5.69 Å². The maximum atomic E-state index is 13.4. The van der Waals surface area contributed by atoms with Crippen molar-refractivity contribution in [1.82, 2.24) is 30.3 Å². The highest BCUT2D eigenvalue weighted by molar-refractivity contribution is 5.93. The van der Waals surface area contributed by atoms with Crippen LogP contribution >= 0.6 is 0 Å². The van der Waals surface area contributed by atoms with Gasteiger partial charge in [0.2, 0.25) is 0 Å². The van der Waals surface area contributed by atoms with Gasteiger partial charge in [-0.3, -0.25) is 4.79 Å². The van der Waals surface area contributed by atoms with E-state index in [9.17, 15) is 22.4 Å². The lowest BCUT2D eigenvalue weighted by Gasteiger charge is -2.09. The molecule has 0 radical (unpaired) electrons. The van der Waals surface area contributed by atoms with Crippen LogP contribution in [0.15, 0.2) is 36.8 Å². The predicted molar refractivity (Wildman–Crippen MR) is 86.1 cm³/mol. The highest BCUT2D eigenvalue weighted by Gasteiger charge is 2.34. The van der Waals surface area contributed by atoms with Gasteiger partial charge in [-0.05, 0) is 18.2 Å². The summed E-state index contributed by atoms with van der Waals surface area (Å²) in [5, 5.41) is 9.90. The van der Waals surface area contributed by atoms with Gasteiger partial charge in [0, 0.05) is 19.4 Å². The molecule has 1 aromatic carbocycles. The zero-order chi connectivity index (χ0) is 20.3. The van der Waals surface area contributed by atoms with Crippen molar-refractivity contribution in [2.75, 3.05) is 7.05 Å². The lowest BCUT2D eigenvalue weighted by atomic mass is 10.2. The molecule has 2 aromatic heterocycles. The predicted octanol–water partition coefficient (Wildman–Crippen LogP) is 2.15. The lowest BCUT2D eigenvalue weighted by molar-refractivity contribution is -0.140. The molecule has 3 aromatic rings. The van der Waals surface area contributed by atoms with Crippen LogP contribution in [-0.2, 0) is 12.8 Å². The number of nitrogens with zero attached hydrogens (tertiary/aromatic N) is 5. The Morgan fingerprint density at radius 3 is 2.61 bits per heavy atom. The molecule has 12 heteroatoms. The molecule has 0 aliphatic rings. The normalized spacial score (nSPS) is 11.3. The second-order valence-corrected chi connectivity index (χ2v) is 5.44. The van der Waals surface area contributed by atoms with E-state index in [-0.39, 0.29) is 35.5 Å². The quantitative estimate of drug-likeness (QED) is 0.664. The van der Waals surface area contributed by atoms with E-state index < -0.39 is 17.6 Å². The minimum Gasteiger partial charge on any atom is -0.457 e. The number of halogens is 4. The van der Waals surface area contributed by atoms with Crippen LogP contribution in [0.3, 0.4) is 0 Å². The highest BCUT2D eigenvalue weighted by atomic mass is 19.4. The fourth-order valence-corrected chi connectivity index (χ4v) is 2.15. The molecule has 28 heavy (non-hydrogen) atoms. The van der Waals surface area contributed by atoms with Gasteiger partial charge in [0.1, 0.15) is 18.1 Å². The summed E-state index contributed by atoms with van der Waals surface area (Å²) in [6, 6.07) is 2.46. The highest BCUT2D eigenvalue weighted by Crippen LogP contribution is 2.32. The van der Waals surface area contributed by atoms with E-state index in [2.05, 4.69) is 25.6 Å². The van der Waals surface area contributed by atoms with Gasteiger partial charge in [0.05, 0.1) is 23.0 Å². The van der Waals surface area contributed by atoms with E-state index in [1.54, 1.807) is 0 Å². The van der Waals surface area contributed by atoms with Crippen molar-refractivity contribution >= 4 is 5.91 Å². The van der Waals surface area contributed by atoms with Crippen LogP contribution < -0.4 is 10.1 Å². The second kappa shape index (κ2) is 7.58. The van der Waals surface area contributed by atoms with Crippen molar-refractivity contribution in [3.8, 4) is 11.7 Å². The molecular weight excluding hydrogens is 384 g/mol. The summed E-state index contributed by atoms with van der Waals surface area (Å²) >= 11 is 0. The Morgan fingerprint density at radius 2 is 1.96 bits per heavy atom. The molecule has 0 aliphatic carbocycles. The van der Waals surface area contributed by atoms with Crippen molar-refractivity contribution in [1.29, 1.82) is 0 Å². The summed E-state index contributed by atoms with van der Waals surface area (Å²) in [5.41, 5.74) is -0.893. The maximum absolute atomic E-state index is 13.4. The average molecular weight is 396 g/mol. The third kappa shape index (κ3) is 4.22. The van der Waals surface area contributed by atoms with Crippen LogP contribution in [0.4, 0.5) is 17.6 Å². The molecule has 0 saturated heterocycles. The number of hydrogen-bond donors (Lipinski definition) is 1. The molecule has 0 bridgehead atoms. The molecule has 1 N–H and O–H groups in total. The topological polar surface area (TPSA) is 94.8 Å². The first-order chi connectivity index (χ1) is 13.3. The van der Waals surface area contributed by atoms with Gasteiger partial charge in [-0.1, -0.05) is 5.21 Å². The molecule has 0 saturated carbocycles.